The van der Waals surface area contributed by atoms with Gasteiger partial charge in [-0.25, -0.2) is 0 Å². The number of nitrogen functional groups attached to an aromatic ring is 1. The average Bonchev–Trinajstić information content (AvgIpc) is 2.35. The molecule has 0 aliphatic heterocycles. The van der Waals surface area contributed by atoms with Crippen LogP contribution < -0.4 is 11.3 Å². The molecule has 100 valence electrons. The first-order valence-electron chi connectivity index (χ1n) is 6.50. The minimum absolute atomic E-state index is 0.0765. The first-order valence-corrected chi connectivity index (χ1v) is 6.50. The van der Waals surface area contributed by atoms with E-state index in [0.29, 0.717) is 5.69 Å². The molecule has 0 bridgehead atoms. The number of nitrogens with two attached hydrogens (primary N) is 1. The van der Waals surface area contributed by atoms with E-state index >= 15 is 0 Å². The van der Waals surface area contributed by atoms with Crippen molar-refractivity contribution in [3.05, 3.63) is 51.8 Å². The van der Waals surface area contributed by atoms with Gasteiger partial charge >= 0.3 is 0 Å². The zero-order valence-corrected chi connectivity index (χ0v) is 11.9. The lowest BCUT2D eigenvalue weighted by Gasteiger charge is -2.17. The van der Waals surface area contributed by atoms with E-state index in [1.165, 1.54) is 11.1 Å². The molecule has 0 amide bonds. The zero-order valence-electron chi connectivity index (χ0n) is 11.9. The summed E-state index contributed by atoms with van der Waals surface area (Å²) in [5.74, 6) is 0. The number of anilines is 1. The average molecular weight is 256 g/mol. The largest absolute Gasteiger partial charge is 0.394 e. The van der Waals surface area contributed by atoms with Crippen molar-refractivity contribution in [3.63, 3.8) is 0 Å². The highest BCUT2D eigenvalue weighted by Crippen LogP contribution is 2.24. The third-order valence-electron chi connectivity index (χ3n) is 3.47. The Morgan fingerprint density at radius 3 is 2.32 bits per heavy atom. The van der Waals surface area contributed by atoms with E-state index in [0.717, 1.165) is 11.3 Å². The van der Waals surface area contributed by atoms with Gasteiger partial charge in [0, 0.05) is 6.04 Å². The molecule has 0 unspecified atom stereocenters. The van der Waals surface area contributed by atoms with Crippen molar-refractivity contribution in [1.29, 1.82) is 0 Å². The van der Waals surface area contributed by atoms with E-state index in [-0.39, 0.29) is 11.6 Å². The first-order chi connectivity index (χ1) is 8.91. The first kappa shape index (κ1) is 13.4. The highest BCUT2D eigenvalue weighted by molar-refractivity contribution is 5.63. The van der Waals surface area contributed by atoms with Crippen LogP contribution >= 0.6 is 0 Å². The molecule has 1 aromatic carbocycles. The quantitative estimate of drug-likeness (QED) is 0.896. The summed E-state index contributed by atoms with van der Waals surface area (Å²) in [5, 5.41) is 0. The van der Waals surface area contributed by atoms with E-state index in [2.05, 4.69) is 26.0 Å². The van der Waals surface area contributed by atoms with Gasteiger partial charge < -0.3 is 10.3 Å². The van der Waals surface area contributed by atoms with Crippen LogP contribution in [-0.2, 0) is 0 Å². The van der Waals surface area contributed by atoms with Crippen molar-refractivity contribution >= 4 is 5.69 Å². The lowest BCUT2D eigenvalue weighted by Crippen LogP contribution is -2.25. The molecule has 2 rings (SSSR count). The third kappa shape index (κ3) is 2.41. The SMILES string of the molecule is Cc1ccc(-c2ccc(N)c(=O)n2C(C)C)cc1C. The molecule has 3 heteroatoms. The Hall–Kier alpha value is -2.03. The number of aromatic nitrogens is 1. The van der Waals surface area contributed by atoms with Gasteiger partial charge in [0.05, 0.1) is 11.4 Å². The summed E-state index contributed by atoms with van der Waals surface area (Å²) in [7, 11) is 0. The van der Waals surface area contributed by atoms with Gasteiger partial charge in [-0.05, 0) is 62.6 Å². The second-order valence-electron chi connectivity index (χ2n) is 5.24. The van der Waals surface area contributed by atoms with Crippen LogP contribution in [0.5, 0.6) is 0 Å². The maximum absolute atomic E-state index is 12.2. The molecule has 1 aromatic heterocycles. The van der Waals surface area contributed by atoms with Gasteiger partial charge in [0.1, 0.15) is 0 Å². The van der Waals surface area contributed by atoms with Gasteiger partial charge in [-0.1, -0.05) is 12.1 Å². The topological polar surface area (TPSA) is 48.0 Å². The molecule has 0 saturated carbocycles. The van der Waals surface area contributed by atoms with E-state index in [1.54, 1.807) is 10.6 Å². The smallest absolute Gasteiger partial charge is 0.274 e. The van der Waals surface area contributed by atoms with Crippen LogP contribution in [0.3, 0.4) is 0 Å². The van der Waals surface area contributed by atoms with Crippen molar-refractivity contribution in [2.45, 2.75) is 33.7 Å². The maximum atomic E-state index is 12.2. The lowest BCUT2D eigenvalue weighted by atomic mass is 10.0. The maximum Gasteiger partial charge on any atom is 0.274 e. The Balaban J connectivity index is 2.72. The molecule has 3 nitrogen and oxygen atoms in total. The molecular weight excluding hydrogens is 236 g/mol. The molecule has 0 aliphatic rings. The number of rotatable bonds is 2. The molecule has 0 atom stereocenters. The molecule has 0 fully saturated rings. The number of nitrogens with zero attached hydrogens (tertiary/aromatic N) is 1. The number of hydrogen-bond donors (Lipinski definition) is 1. The summed E-state index contributed by atoms with van der Waals surface area (Å²) in [6.45, 7) is 8.14. The zero-order chi connectivity index (χ0) is 14.2. The number of hydrogen-bond acceptors (Lipinski definition) is 2. The summed E-state index contributed by atoms with van der Waals surface area (Å²) >= 11 is 0. The standard InChI is InChI=1S/C16H20N2O/c1-10(2)18-15(8-7-14(17)16(18)19)13-6-5-11(3)12(4)9-13/h5-10H,17H2,1-4H3. The Labute approximate surface area is 113 Å². The van der Waals surface area contributed by atoms with Crippen molar-refractivity contribution in [3.8, 4) is 11.3 Å². The minimum Gasteiger partial charge on any atom is -0.394 e. The minimum atomic E-state index is -0.120. The molecule has 0 aliphatic carbocycles. The fourth-order valence-corrected chi connectivity index (χ4v) is 2.22. The van der Waals surface area contributed by atoms with Gasteiger partial charge in [0.25, 0.3) is 5.56 Å². The van der Waals surface area contributed by atoms with E-state index in [4.69, 9.17) is 5.73 Å². The number of benzene rings is 1. The second-order valence-corrected chi connectivity index (χ2v) is 5.24. The van der Waals surface area contributed by atoms with Crippen LogP contribution in [0.4, 0.5) is 5.69 Å². The van der Waals surface area contributed by atoms with Crippen LogP contribution in [0.25, 0.3) is 11.3 Å². The van der Waals surface area contributed by atoms with Crippen molar-refractivity contribution in [1.82, 2.24) is 4.57 Å². The molecule has 2 N–H and O–H groups in total. The fraction of sp³-hybridized carbons (Fsp3) is 0.312. The van der Waals surface area contributed by atoms with Gasteiger partial charge in [-0.2, -0.15) is 0 Å². The monoisotopic (exact) mass is 256 g/mol. The van der Waals surface area contributed by atoms with Crippen LogP contribution in [0.1, 0.15) is 31.0 Å². The molecule has 19 heavy (non-hydrogen) atoms. The highest BCUT2D eigenvalue weighted by Gasteiger charge is 2.12. The van der Waals surface area contributed by atoms with E-state index < -0.39 is 0 Å². The Morgan fingerprint density at radius 1 is 1.05 bits per heavy atom. The van der Waals surface area contributed by atoms with Crippen LogP contribution in [0.15, 0.2) is 35.1 Å². The predicted octanol–water partition coefficient (Wildman–Crippen LogP) is 3.30. The lowest BCUT2D eigenvalue weighted by molar-refractivity contribution is 0.586. The highest BCUT2D eigenvalue weighted by atomic mass is 16.1. The Kier molecular flexibility index (Phi) is 3.47. The summed E-state index contributed by atoms with van der Waals surface area (Å²) in [6.07, 6.45) is 0. The summed E-state index contributed by atoms with van der Waals surface area (Å²) in [5.41, 5.74) is 10.3. The van der Waals surface area contributed by atoms with Gasteiger partial charge in [0.15, 0.2) is 0 Å². The van der Waals surface area contributed by atoms with Gasteiger partial charge in [-0.15, -0.1) is 0 Å². The van der Waals surface area contributed by atoms with Gasteiger partial charge in [0.2, 0.25) is 0 Å². The van der Waals surface area contributed by atoms with Gasteiger partial charge in [-0.3, -0.25) is 4.79 Å². The van der Waals surface area contributed by atoms with Crippen molar-refractivity contribution < 1.29 is 0 Å². The van der Waals surface area contributed by atoms with E-state index in [1.807, 2.05) is 26.0 Å². The van der Waals surface area contributed by atoms with Crippen LogP contribution in [0, 0.1) is 13.8 Å². The normalized spacial score (nSPS) is 11.0. The summed E-state index contributed by atoms with van der Waals surface area (Å²) in [4.78, 5) is 12.2. The van der Waals surface area contributed by atoms with Crippen LogP contribution in [-0.4, -0.2) is 4.57 Å². The van der Waals surface area contributed by atoms with Crippen molar-refractivity contribution in [2.75, 3.05) is 5.73 Å². The van der Waals surface area contributed by atoms with E-state index in [9.17, 15) is 4.79 Å². The number of pyridine rings is 1. The predicted molar refractivity (Wildman–Crippen MR) is 80.4 cm³/mol. The summed E-state index contributed by atoms with van der Waals surface area (Å²) in [6, 6.07) is 9.92. The molecular formula is C16H20N2O. The molecule has 1 heterocycles. The number of aryl methyl sites for hydroxylation is 2. The Bertz CT molecular complexity index is 669. The fourth-order valence-electron chi connectivity index (χ4n) is 2.22. The van der Waals surface area contributed by atoms with Crippen LogP contribution in [0.2, 0.25) is 0 Å². The second kappa shape index (κ2) is 4.92. The van der Waals surface area contributed by atoms with Crippen molar-refractivity contribution in [2.24, 2.45) is 0 Å². The third-order valence-corrected chi connectivity index (χ3v) is 3.47. The molecule has 0 saturated heterocycles. The molecule has 0 spiro atoms. The Morgan fingerprint density at radius 2 is 1.74 bits per heavy atom. The molecule has 0 radical (unpaired) electrons. The molecule has 2 aromatic rings. The summed E-state index contributed by atoms with van der Waals surface area (Å²) < 4.78 is 1.75.